The Morgan fingerprint density at radius 2 is 2.11 bits per heavy atom. The van der Waals surface area contributed by atoms with E-state index in [2.05, 4.69) is 13.5 Å². The molecule has 2 saturated carbocycles. The minimum Gasteiger partial charge on any atom is -0.0995 e. The van der Waals surface area contributed by atoms with Gasteiger partial charge in [-0.05, 0) is 37.0 Å². The lowest BCUT2D eigenvalue weighted by molar-refractivity contribution is 0.268. The van der Waals surface area contributed by atoms with E-state index >= 15 is 0 Å². The summed E-state index contributed by atoms with van der Waals surface area (Å²) in [6, 6.07) is 0. The number of hydrogen-bond donors (Lipinski definition) is 0. The molecule has 0 spiro atoms. The maximum atomic E-state index is 4.05. The molecule has 0 aromatic heterocycles. The fourth-order valence-corrected chi connectivity index (χ4v) is 2.17. The molecular weight excluding hydrogens is 108 g/mol. The number of hydrogen-bond acceptors (Lipinski definition) is 0. The van der Waals surface area contributed by atoms with Gasteiger partial charge in [0.25, 0.3) is 0 Å². The Morgan fingerprint density at radius 3 is 2.33 bits per heavy atom. The van der Waals surface area contributed by atoms with Gasteiger partial charge in [-0.25, -0.2) is 0 Å². The van der Waals surface area contributed by atoms with Gasteiger partial charge in [-0.1, -0.05) is 19.1 Å². The molecule has 0 heteroatoms. The third kappa shape index (κ3) is 0.726. The minimum atomic E-state index is 0.935. The summed E-state index contributed by atoms with van der Waals surface area (Å²) in [6.07, 6.45) is 4.27. The van der Waals surface area contributed by atoms with E-state index in [-0.39, 0.29) is 0 Å². The number of allylic oxidation sites excluding steroid dienone is 1. The monoisotopic (exact) mass is 122 g/mol. The Hall–Kier alpha value is -0.260. The van der Waals surface area contributed by atoms with Crippen molar-refractivity contribution in [3.8, 4) is 0 Å². The van der Waals surface area contributed by atoms with E-state index in [4.69, 9.17) is 0 Å². The summed E-state index contributed by atoms with van der Waals surface area (Å²) < 4.78 is 0. The molecule has 0 aromatic rings. The first-order valence-corrected chi connectivity index (χ1v) is 3.96. The van der Waals surface area contributed by atoms with Crippen LogP contribution in [0.25, 0.3) is 0 Å². The summed E-state index contributed by atoms with van der Waals surface area (Å²) in [5.41, 5.74) is 1.53. The summed E-state index contributed by atoms with van der Waals surface area (Å²) >= 11 is 0. The van der Waals surface area contributed by atoms with Gasteiger partial charge in [-0.2, -0.15) is 0 Å². The van der Waals surface area contributed by atoms with E-state index in [0.29, 0.717) is 0 Å². The molecule has 2 unspecified atom stereocenters. The van der Waals surface area contributed by atoms with Crippen molar-refractivity contribution >= 4 is 0 Å². The maximum absolute atomic E-state index is 4.05. The zero-order chi connectivity index (χ0) is 6.43. The van der Waals surface area contributed by atoms with Crippen LogP contribution in [0.15, 0.2) is 12.2 Å². The van der Waals surface area contributed by atoms with Crippen LogP contribution in [-0.4, -0.2) is 0 Å². The van der Waals surface area contributed by atoms with E-state index in [0.717, 1.165) is 17.8 Å². The predicted octanol–water partition coefficient (Wildman–Crippen LogP) is 2.61. The van der Waals surface area contributed by atoms with E-state index in [9.17, 15) is 0 Å². The average molecular weight is 122 g/mol. The van der Waals surface area contributed by atoms with Crippen molar-refractivity contribution in [2.24, 2.45) is 17.8 Å². The third-order valence-corrected chi connectivity index (χ3v) is 2.80. The van der Waals surface area contributed by atoms with Gasteiger partial charge in [-0.15, -0.1) is 0 Å². The van der Waals surface area contributed by atoms with Gasteiger partial charge >= 0.3 is 0 Å². The second-order valence-electron chi connectivity index (χ2n) is 3.70. The van der Waals surface area contributed by atoms with Gasteiger partial charge in [0.05, 0.1) is 0 Å². The van der Waals surface area contributed by atoms with Crippen LogP contribution in [0.5, 0.6) is 0 Å². The fraction of sp³-hybridized carbons (Fsp3) is 0.778. The lowest BCUT2D eigenvalue weighted by Crippen LogP contribution is -2.27. The molecule has 0 radical (unpaired) electrons. The van der Waals surface area contributed by atoms with Crippen molar-refractivity contribution in [2.75, 3.05) is 0 Å². The van der Waals surface area contributed by atoms with Crippen molar-refractivity contribution in [2.45, 2.75) is 26.2 Å². The summed E-state index contributed by atoms with van der Waals surface area (Å²) in [4.78, 5) is 0. The molecule has 2 aliphatic rings. The van der Waals surface area contributed by atoms with Crippen LogP contribution < -0.4 is 0 Å². The van der Waals surface area contributed by atoms with Crippen LogP contribution >= 0.6 is 0 Å². The second-order valence-corrected chi connectivity index (χ2v) is 3.70. The van der Waals surface area contributed by atoms with Crippen LogP contribution in [0.2, 0.25) is 0 Å². The van der Waals surface area contributed by atoms with Gasteiger partial charge in [0, 0.05) is 0 Å². The zero-order valence-electron chi connectivity index (χ0n) is 6.06. The quantitative estimate of drug-likeness (QED) is 0.469. The van der Waals surface area contributed by atoms with Crippen molar-refractivity contribution < 1.29 is 0 Å². The van der Waals surface area contributed by atoms with Crippen LogP contribution in [-0.2, 0) is 0 Å². The molecule has 0 saturated heterocycles. The molecule has 0 N–H and O–H groups in total. The van der Waals surface area contributed by atoms with E-state index < -0.39 is 0 Å². The molecule has 0 aromatic carbocycles. The smallest absolute Gasteiger partial charge is 0.0149 e. The molecule has 2 aliphatic carbocycles. The molecule has 2 rings (SSSR count). The highest BCUT2D eigenvalue weighted by Crippen LogP contribution is 2.52. The highest BCUT2D eigenvalue weighted by Gasteiger charge is 2.42. The Kier molecular flexibility index (Phi) is 0.992. The summed E-state index contributed by atoms with van der Waals surface area (Å²) in [6.45, 7) is 6.41. The standard InChI is InChI=1S/C9H14/c1-6-5-7(2)9(6)8-3-4-8/h7-9H,1,3-5H2,2H3. The Bertz CT molecular complexity index is 140. The first-order chi connectivity index (χ1) is 4.29. The number of rotatable bonds is 1. The minimum absolute atomic E-state index is 0.935. The van der Waals surface area contributed by atoms with Crippen LogP contribution in [0.1, 0.15) is 26.2 Å². The third-order valence-electron chi connectivity index (χ3n) is 2.80. The van der Waals surface area contributed by atoms with Crippen LogP contribution in [0, 0.1) is 17.8 Å². The Balaban J connectivity index is 2.01. The first kappa shape index (κ1) is 5.52. The summed E-state index contributed by atoms with van der Waals surface area (Å²) in [5, 5.41) is 0. The molecule has 2 atom stereocenters. The van der Waals surface area contributed by atoms with E-state index in [1.807, 2.05) is 0 Å². The summed E-state index contributed by atoms with van der Waals surface area (Å²) in [5.74, 6) is 2.95. The molecule has 2 fully saturated rings. The molecule has 0 nitrogen and oxygen atoms in total. The van der Waals surface area contributed by atoms with Gasteiger partial charge in [0.15, 0.2) is 0 Å². The zero-order valence-corrected chi connectivity index (χ0v) is 6.06. The lowest BCUT2D eigenvalue weighted by atomic mass is 9.68. The highest BCUT2D eigenvalue weighted by molar-refractivity contribution is 5.17. The van der Waals surface area contributed by atoms with Crippen LogP contribution in [0.3, 0.4) is 0 Å². The van der Waals surface area contributed by atoms with Gasteiger partial charge in [0.2, 0.25) is 0 Å². The van der Waals surface area contributed by atoms with Gasteiger partial charge < -0.3 is 0 Å². The SMILES string of the molecule is C=C1CC(C)C1C1CC1. The largest absolute Gasteiger partial charge is 0.0995 e. The molecular formula is C9H14. The van der Waals surface area contributed by atoms with E-state index in [1.54, 1.807) is 0 Å². The fourth-order valence-electron chi connectivity index (χ4n) is 2.17. The van der Waals surface area contributed by atoms with E-state index in [1.165, 1.54) is 24.8 Å². The van der Waals surface area contributed by atoms with Crippen molar-refractivity contribution in [1.29, 1.82) is 0 Å². The molecule has 50 valence electrons. The predicted molar refractivity (Wildman–Crippen MR) is 39.1 cm³/mol. The Morgan fingerprint density at radius 1 is 1.44 bits per heavy atom. The maximum Gasteiger partial charge on any atom is -0.0149 e. The highest BCUT2D eigenvalue weighted by atomic mass is 14.5. The van der Waals surface area contributed by atoms with Crippen molar-refractivity contribution in [3.63, 3.8) is 0 Å². The van der Waals surface area contributed by atoms with Gasteiger partial charge in [0.1, 0.15) is 0 Å². The molecule has 0 bridgehead atoms. The molecule has 9 heavy (non-hydrogen) atoms. The molecule has 0 amide bonds. The summed E-state index contributed by atoms with van der Waals surface area (Å²) in [7, 11) is 0. The first-order valence-electron chi connectivity index (χ1n) is 3.96. The van der Waals surface area contributed by atoms with Crippen molar-refractivity contribution in [3.05, 3.63) is 12.2 Å². The normalized spacial score (nSPS) is 42.6. The lowest BCUT2D eigenvalue weighted by Gasteiger charge is -2.37. The topological polar surface area (TPSA) is 0 Å². The molecule has 0 heterocycles. The Labute approximate surface area is 57.0 Å². The van der Waals surface area contributed by atoms with Crippen molar-refractivity contribution in [1.82, 2.24) is 0 Å². The average Bonchev–Trinajstić information content (AvgIpc) is 2.49. The molecule has 0 aliphatic heterocycles. The van der Waals surface area contributed by atoms with Crippen LogP contribution in [0.4, 0.5) is 0 Å². The second kappa shape index (κ2) is 1.62. The van der Waals surface area contributed by atoms with Gasteiger partial charge in [-0.3, -0.25) is 0 Å².